The summed E-state index contributed by atoms with van der Waals surface area (Å²) in [5.41, 5.74) is 3.17. The summed E-state index contributed by atoms with van der Waals surface area (Å²) in [7, 11) is 0. The van der Waals surface area contributed by atoms with E-state index in [1.54, 1.807) is 11.1 Å². The molecule has 4 aliphatic carbocycles. The lowest BCUT2D eigenvalue weighted by Gasteiger charge is -2.31. The SMILES string of the molecule is O=C1C2=C(C3CCCCC13)C1SC3C4SC5=C(C6CCCCC6C5=O)C4SC3C1S2. The van der Waals surface area contributed by atoms with Crippen LogP contribution in [0.2, 0.25) is 0 Å². The number of fused-ring (bicyclic) bond motifs is 11. The van der Waals surface area contributed by atoms with E-state index in [4.69, 9.17) is 0 Å². The zero-order valence-electron chi connectivity index (χ0n) is 16.9. The topological polar surface area (TPSA) is 34.1 Å². The standard InChI is InChI=1S/C24H26O2S4/c25-15-11-7-3-1-5-9(11)13-17(15)27-21-19(13)29-24-22-20(30-23(21)24)14-10-6-2-4-8-12(10)16(26)18(14)28-22/h9-12,19-24H,1-8H2. The summed E-state index contributed by atoms with van der Waals surface area (Å²) < 4.78 is 0. The van der Waals surface area contributed by atoms with Gasteiger partial charge in [-0.15, -0.1) is 47.0 Å². The fraction of sp³-hybridized carbons (Fsp3) is 0.750. The fourth-order valence-electron chi connectivity index (χ4n) is 8.08. The predicted molar refractivity (Wildman–Crippen MR) is 128 cm³/mol. The zero-order chi connectivity index (χ0) is 19.7. The van der Waals surface area contributed by atoms with E-state index in [-0.39, 0.29) is 0 Å². The van der Waals surface area contributed by atoms with E-state index in [9.17, 15) is 9.59 Å². The molecule has 2 nitrogen and oxygen atoms in total. The number of Topliss-reactive ketones (excluding diaryl/α,β-unsaturated/α-hetero) is 2. The molecule has 0 aromatic carbocycles. The second kappa shape index (κ2) is 6.42. The van der Waals surface area contributed by atoms with Crippen LogP contribution in [0.15, 0.2) is 21.0 Å². The lowest BCUT2D eigenvalue weighted by atomic mass is 9.77. The minimum absolute atomic E-state index is 0.325. The highest BCUT2D eigenvalue weighted by Crippen LogP contribution is 2.71. The molecule has 8 aliphatic rings. The summed E-state index contributed by atoms with van der Waals surface area (Å²) in [4.78, 5) is 28.7. The Hall–Kier alpha value is 0.220. The van der Waals surface area contributed by atoms with Crippen molar-refractivity contribution < 1.29 is 9.59 Å². The molecule has 0 spiro atoms. The minimum atomic E-state index is 0.325. The molecule has 10 unspecified atom stereocenters. The predicted octanol–water partition coefficient (Wildman–Crippen LogP) is 5.47. The van der Waals surface area contributed by atoms with E-state index >= 15 is 0 Å². The molecular weight excluding hydrogens is 449 g/mol. The average Bonchev–Trinajstić information content (AvgIpc) is 3.55. The normalized spacial score (nSPS) is 52.9. The third-order valence-electron chi connectivity index (χ3n) is 9.27. The van der Waals surface area contributed by atoms with E-state index in [0.29, 0.717) is 66.7 Å². The van der Waals surface area contributed by atoms with Crippen LogP contribution in [-0.4, -0.2) is 43.1 Å². The number of carbonyl (C=O) groups excluding carboxylic acids is 2. The summed E-state index contributed by atoms with van der Waals surface area (Å²) in [5.74, 6) is 2.82. The van der Waals surface area contributed by atoms with Crippen molar-refractivity contribution in [1.29, 1.82) is 0 Å². The number of ketones is 2. The van der Waals surface area contributed by atoms with Crippen molar-refractivity contribution in [2.75, 3.05) is 0 Å². The Bertz CT molecular complexity index is 877. The van der Waals surface area contributed by atoms with Gasteiger partial charge in [-0.3, -0.25) is 9.59 Å². The first-order valence-electron chi connectivity index (χ1n) is 11.9. The number of thioether (sulfide) groups is 4. The molecular formula is C24H26O2S4. The Morgan fingerprint density at radius 2 is 0.933 bits per heavy atom. The maximum Gasteiger partial charge on any atom is 0.172 e. The molecule has 4 aliphatic heterocycles. The molecule has 6 heteroatoms. The molecule has 4 fully saturated rings. The molecule has 0 aromatic heterocycles. The van der Waals surface area contributed by atoms with Crippen LogP contribution >= 0.6 is 47.0 Å². The second-order valence-electron chi connectivity index (χ2n) is 10.5. The largest absolute Gasteiger partial charge is 0.293 e. The number of hydrogen-bond acceptors (Lipinski definition) is 6. The van der Waals surface area contributed by atoms with Crippen LogP contribution in [0.3, 0.4) is 0 Å². The van der Waals surface area contributed by atoms with Crippen molar-refractivity contribution in [3.63, 3.8) is 0 Å². The van der Waals surface area contributed by atoms with Crippen LogP contribution in [0.5, 0.6) is 0 Å². The Morgan fingerprint density at radius 3 is 1.37 bits per heavy atom. The molecule has 2 saturated carbocycles. The van der Waals surface area contributed by atoms with Crippen molar-refractivity contribution in [3.05, 3.63) is 21.0 Å². The molecule has 4 heterocycles. The van der Waals surface area contributed by atoms with Gasteiger partial charge in [-0.2, -0.15) is 0 Å². The quantitative estimate of drug-likeness (QED) is 0.463. The summed E-state index contributed by atoms with van der Waals surface area (Å²) in [6.07, 6.45) is 9.85. The highest BCUT2D eigenvalue weighted by atomic mass is 32.2. The molecule has 158 valence electrons. The van der Waals surface area contributed by atoms with Crippen LogP contribution in [0.4, 0.5) is 0 Å². The smallest absolute Gasteiger partial charge is 0.172 e. The average molecular weight is 475 g/mol. The van der Waals surface area contributed by atoms with Crippen LogP contribution in [-0.2, 0) is 9.59 Å². The third-order valence-corrected chi connectivity index (χ3v) is 16.6. The second-order valence-corrected chi connectivity index (χ2v) is 15.5. The van der Waals surface area contributed by atoms with Crippen LogP contribution in [0, 0.1) is 23.7 Å². The summed E-state index contributed by atoms with van der Waals surface area (Å²) >= 11 is 8.41. The van der Waals surface area contributed by atoms with E-state index < -0.39 is 0 Å². The van der Waals surface area contributed by atoms with Crippen molar-refractivity contribution >= 4 is 58.6 Å². The van der Waals surface area contributed by atoms with Gasteiger partial charge in [0.05, 0.1) is 9.81 Å². The van der Waals surface area contributed by atoms with Gasteiger partial charge >= 0.3 is 0 Å². The van der Waals surface area contributed by atoms with Gasteiger partial charge in [-0.05, 0) is 48.7 Å². The number of allylic oxidation sites excluding steroid dienone is 2. The summed E-state index contributed by atoms with van der Waals surface area (Å²) in [6, 6.07) is 0. The van der Waals surface area contributed by atoms with Gasteiger partial charge in [0, 0.05) is 43.3 Å². The lowest BCUT2D eigenvalue weighted by Crippen LogP contribution is -2.30. The molecule has 0 aromatic rings. The highest BCUT2D eigenvalue weighted by Gasteiger charge is 2.66. The van der Waals surface area contributed by atoms with Crippen LogP contribution in [0.25, 0.3) is 0 Å². The summed E-state index contributed by atoms with van der Waals surface area (Å²) in [6.45, 7) is 0. The molecule has 2 saturated heterocycles. The van der Waals surface area contributed by atoms with Gasteiger partial charge in [0.25, 0.3) is 0 Å². The van der Waals surface area contributed by atoms with E-state index in [0.717, 1.165) is 12.8 Å². The molecule has 30 heavy (non-hydrogen) atoms. The van der Waals surface area contributed by atoms with Crippen molar-refractivity contribution in [2.24, 2.45) is 23.7 Å². The van der Waals surface area contributed by atoms with Gasteiger partial charge in [0.2, 0.25) is 0 Å². The van der Waals surface area contributed by atoms with Crippen molar-refractivity contribution in [2.45, 2.75) is 82.9 Å². The molecule has 0 radical (unpaired) electrons. The van der Waals surface area contributed by atoms with Gasteiger partial charge in [0.15, 0.2) is 11.6 Å². The fourth-order valence-corrected chi connectivity index (χ4v) is 17.0. The maximum absolute atomic E-state index is 13.1. The molecule has 0 amide bonds. The number of rotatable bonds is 0. The Kier molecular flexibility index (Phi) is 3.98. The zero-order valence-corrected chi connectivity index (χ0v) is 20.1. The van der Waals surface area contributed by atoms with E-state index in [2.05, 4.69) is 23.5 Å². The Labute approximate surface area is 195 Å². The first-order valence-corrected chi connectivity index (χ1v) is 15.6. The molecule has 0 bridgehead atoms. The molecule has 10 atom stereocenters. The van der Waals surface area contributed by atoms with Gasteiger partial charge in [0.1, 0.15) is 0 Å². The van der Waals surface area contributed by atoms with E-state index in [1.165, 1.54) is 48.3 Å². The lowest BCUT2D eigenvalue weighted by molar-refractivity contribution is -0.120. The van der Waals surface area contributed by atoms with Crippen molar-refractivity contribution in [1.82, 2.24) is 0 Å². The maximum atomic E-state index is 13.1. The van der Waals surface area contributed by atoms with Gasteiger partial charge in [-0.1, -0.05) is 25.7 Å². The number of carbonyl (C=O) groups is 2. The van der Waals surface area contributed by atoms with Crippen molar-refractivity contribution in [3.8, 4) is 0 Å². The van der Waals surface area contributed by atoms with E-state index in [1.807, 2.05) is 23.5 Å². The van der Waals surface area contributed by atoms with Crippen LogP contribution < -0.4 is 0 Å². The third kappa shape index (κ3) is 2.17. The number of hydrogen-bond donors (Lipinski definition) is 0. The summed E-state index contributed by atoms with van der Waals surface area (Å²) in [5, 5.41) is 3.71. The molecule has 8 rings (SSSR count). The van der Waals surface area contributed by atoms with Crippen LogP contribution in [0.1, 0.15) is 51.4 Å². The van der Waals surface area contributed by atoms with Gasteiger partial charge in [-0.25, -0.2) is 0 Å². The molecule has 0 N–H and O–H groups in total. The first-order chi connectivity index (χ1) is 14.7. The Morgan fingerprint density at radius 1 is 0.533 bits per heavy atom. The minimum Gasteiger partial charge on any atom is -0.293 e. The highest BCUT2D eigenvalue weighted by molar-refractivity contribution is 8.14. The monoisotopic (exact) mass is 474 g/mol. The Balaban J connectivity index is 1.09. The first kappa shape index (κ1) is 18.6. The van der Waals surface area contributed by atoms with Gasteiger partial charge < -0.3 is 0 Å².